The summed E-state index contributed by atoms with van der Waals surface area (Å²) in [6.45, 7) is 1.73. The van der Waals surface area contributed by atoms with Gasteiger partial charge in [-0.2, -0.15) is 0 Å². The lowest BCUT2D eigenvalue weighted by Gasteiger charge is -2.21. The molecule has 1 amide bonds. The molecule has 0 saturated heterocycles. The van der Waals surface area contributed by atoms with Crippen molar-refractivity contribution in [2.24, 2.45) is 17.8 Å². The summed E-state index contributed by atoms with van der Waals surface area (Å²) < 4.78 is 0. The standard InChI is InChI=1S/C9H15NO4/c1-6(7-2-3-7)8(9(12)13)4-10(14)5-11/h5-8,14H,2-4H2,1H3,(H,12,13). The van der Waals surface area contributed by atoms with E-state index in [0.29, 0.717) is 11.0 Å². The van der Waals surface area contributed by atoms with Gasteiger partial charge in [0.15, 0.2) is 0 Å². The second-order valence-corrected chi connectivity index (χ2v) is 3.87. The van der Waals surface area contributed by atoms with Gasteiger partial charge in [-0.1, -0.05) is 6.92 Å². The van der Waals surface area contributed by atoms with Crippen molar-refractivity contribution in [3.8, 4) is 0 Å². The SMILES string of the molecule is CC(C1CC1)C(CN(O)C=O)C(=O)O. The first-order valence-electron chi connectivity index (χ1n) is 4.70. The zero-order chi connectivity index (χ0) is 10.7. The van der Waals surface area contributed by atoms with Crippen LogP contribution in [0.15, 0.2) is 0 Å². The third-order valence-corrected chi connectivity index (χ3v) is 2.82. The Morgan fingerprint density at radius 1 is 1.64 bits per heavy atom. The van der Waals surface area contributed by atoms with Crippen molar-refractivity contribution in [2.45, 2.75) is 19.8 Å². The van der Waals surface area contributed by atoms with Gasteiger partial charge in [0.05, 0.1) is 12.5 Å². The molecule has 2 atom stereocenters. The second-order valence-electron chi connectivity index (χ2n) is 3.87. The van der Waals surface area contributed by atoms with Crippen LogP contribution in [0.25, 0.3) is 0 Å². The van der Waals surface area contributed by atoms with Gasteiger partial charge in [-0.25, -0.2) is 5.06 Å². The number of hydrogen-bond donors (Lipinski definition) is 2. The predicted octanol–water partition coefficient (Wildman–Crippen LogP) is 0.581. The average molecular weight is 201 g/mol. The monoisotopic (exact) mass is 201 g/mol. The van der Waals surface area contributed by atoms with E-state index in [4.69, 9.17) is 10.3 Å². The first-order valence-corrected chi connectivity index (χ1v) is 4.70. The Labute approximate surface area is 82.3 Å². The molecule has 0 aromatic heterocycles. The molecule has 0 aromatic rings. The fraction of sp³-hybridized carbons (Fsp3) is 0.778. The minimum absolute atomic E-state index is 0.0158. The fourth-order valence-corrected chi connectivity index (χ4v) is 1.66. The maximum Gasteiger partial charge on any atom is 0.308 e. The molecular weight excluding hydrogens is 186 g/mol. The van der Waals surface area contributed by atoms with Gasteiger partial charge in [-0.05, 0) is 24.7 Å². The zero-order valence-electron chi connectivity index (χ0n) is 8.09. The Morgan fingerprint density at radius 2 is 2.21 bits per heavy atom. The maximum absolute atomic E-state index is 10.9. The third kappa shape index (κ3) is 2.70. The van der Waals surface area contributed by atoms with E-state index in [-0.39, 0.29) is 18.9 Å². The number of nitrogens with zero attached hydrogens (tertiary/aromatic N) is 1. The van der Waals surface area contributed by atoms with Crippen LogP contribution in [0, 0.1) is 17.8 Å². The van der Waals surface area contributed by atoms with Gasteiger partial charge >= 0.3 is 5.97 Å². The van der Waals surface area contributed by atoms with Crippen molar-refractivity contribution < 1.29 is 19.9 Å². The van der Waals surface area contributed by atoms with Gasteiger partial charge in [0, 0.05) is 0 Å². The second kappa shape index (κ2) is 4.41. The molecule has 1 aliphatic rings. The van der Waals surface area contributed by atoms with Crippen molar-refractivity contribution in [3.05, 3.63) is 0 Å². The number of hydrogen-bond acceptors (Lipinski definition) is 3. The highest BCUT2D eigenvalue weighted by Gasteiger charge is 2.37. The minimum atomic E-state index is -0.953. The third-order valence-electron chi connectivity index (χ3n) is 2.82. The summed E-state index contributed by atoms with van der Waals surface area (Å²) in [5.74, 6) is -1.17. The lowest BCUT2D eigenvalue weighted by Crippen LogP contribution is -2.34. The van der Waals surface area contributed by atoms with E-state index in [1.165, 1.54) is 0 Å². The van der Waals surface area contributed by atoms with Gasteiger partial charge in [-0.15, -0.1) is 0 Å². The zero-order valence-corrected chi connectivity index (χ0v) is 8.09. The number of carboxylic acid groups (broad SMARTS) is 1. The van der Waals surface area contributed by atoms with E-state index >= 15 is 0 Å². The molecule has 1 rings (SSSR count). The average Bonchev–Trinajstić information content (AvgIpc) is 2.95. The molecule has 0 bridgehead atoms. The summed E-state index contributed by atoms with van der Waals surface area (Å²) in [4.78, 5) is 21.0. The molecule has 5 heteroatoms. The van der Waals surface area contributed by atoms with E-state index < -0.39 is 11.9 Å². The van der Waals surface area contributed by atoms with E-state index in [9.17, 15) is 9.59 Å². The molecule has 2 N–H and O–H groups in total. The molecule has 0 spiro atoms. The largest absolute Gasteiger partial charge is 0.481 e. The lowest BCUT2D eigenvalue weighted by molar-refractivity contribution is -0.161. The van der Waals surface area contributed by atoms with Gasteiger partial charge in [0.25, 0.3) is 0 Å². The number of aliphatic carboxylic acids is 1. The topological polar surface area (TPSA) is 77.8 Å². The van der Waals surface area contributed by atoms with Gasteiger partial charge in [0.1, 0.15) is 0 Å². The Morgan fingerprint density at radius 3 is 2.57 bits per heavy atom. The van der Waals surface area contributed by atoms with E-state index in [1.54, 1.807) is 0 Å². The van der Waals surface area contributed by atoms with E-state index in [1.807, 2.05) is 6.92 Å². The molecule has 1 aliphatic carbocycles. The molecule has 2 unspecified atom stereocenters. The number of carboxylic acids is 1. The normalized spacial score (nSPS) is 19.9. The van der Waals surface area contributed by atoms with Gasteiger partial charge in [-0.3, -0.25) is 14.8 Å². The summed E-state index contributed by atoms with van der Waals surface area (Å²) in [5.41, 5.74) is 0. The highest BCUT2D eigenvalue weighted by atomic mass is 16.5. The molecule has 0 radical (unpaired) electrons. The van der Waals surface area contributed by atoms with Crippen molar-refractivity contribution in [2.75, 3.05) is 6.54 Å². The van der Waals surface area contributed by atoms with Crippen LogP contribution in [0.2, 0.25) is 0 Å². The number of rotatable bonds is 6. The first-order chi connectivity index (χ1) is 6.56. The van der Waals surface area contributed by atoms with Crippen molar-refractivity contribution in [1.29, 1.82) is 0 Å². The Hall–Kier alpha value is -1.10. The van der Waals surface area contributed by atoms with Crippen LogP contribution in [0.4, 0.5) is 0 Å². The molecule has 1 fully saturated rings. The highest BCUT2D eigenvalue weighted by molar-refractivity contribution is 5.71. The van der Waals surface area contributed by atoms with E-state index in [2.05, 4.69) is 0 Å². The molecule has 0 aromatic carbocycles. The summed E-state index contributed by atoms with van der Waals surface area (Å²) >= 11 is 0. The summed E-state index contributed by atoms with van der Waals surface area (Å²) in [6.07, 6.45) is 2.34. The van der Waals surface area contributed by atoms with Crippen LogP contribution in [-0.4, -0.2) is 34.3 Å². The number of amides is 1. The predicted molar refractivity (Wildman–Crippen MR) is 47.6 cm³/mol. The molecule has 0 aliphatic heterocycles. The van der Waals surface area contributed by atoms with Crippen molar-refractivity contribution in [3.63, 3.8) is 0 Å². The molecule has 14 heavy (non-hydrogen) atoms. The lowest BCUT2D eigenvalue weighted by atomic mass is 9.90. The van der Waals surface area contributed by atoms with Crippen LogP contribution in [0.3, 0.4) is 0 Å². The van der Waals surface area contributed by atoms with Crippen LogP contribution >= 0.6 is 0 Å². The van der Waals surface area contributed by atoms with Crippen LogP contribution in [0.1, 0.15) is 19.8 Å². The van der Waals surface area contributed by atoms with Crippen LogP contribution in [-0.2, 0) is 9.59 Å². The molecule has 1 saturated carbocycles. The number of hydroxylamine groups is 2. The minimum Gasteiger partial charge on any atom is -0.481 e. The van der Waals surface area contributed by atoms with E-state index in [0.717, 1.165) is 12.8 Å². The molecule has 0 heterocycles. The number of carbonyl (C=O) groups is 2. The summed E-state index contributed by atoms with van der Waals surface area (Å²) in [5, 5.41) is 18.2. The maximum atomic E-state index is 10.9. The summed E-state index contributed by atoms with van der Waals surface area (Å²) in [7, 11) is 0. The van der Waals surface area contributed by atoms with Gasteiger partial charge in [0.2, 0.25) is 6.41 Å². The molecule has 5 nitrogen and oxygen atoms in total. The number of carbonyl (C=O) groups excluding carboxylic acids is 1. The molecule has 80 valence electrons. The fourth-order valence-electron chi connectivity index (χ4n) is 1.66. The first kappa shape index (κ1) is 11.0. The summed E-state index contributed by atoms with van der Waals surface area (Å²) in [6, 6.07) is 0. The van der Waals surface area contributed by atoms with Crippen LogP contribution < -0.4 is 0 Å². The van der Waals surface area contributed by atoms with Crippen molar-refractivity contribution in [1.82, 2.24) is 5.06 Å². The highest BCUT2D eigenvalue weighted by Crippen LogP contribution is 2.40. The Balaban J connectivity index is 2.53. The Bertz CT molecular complexity index is 227. The molecular formula is C9H15NO4. The van der Waals surface area contributed by atoms with Gasteiger partial charge < -0.3 is 5.11 Å². The smallest absolute Gasteiger partial charge is 0.308 e. The Kier molecular flexibility index (Phi) is 3.46. The van der Waals surface area contributed by atoms with Crippen molar-refractivity contribution >= 4 is 12.4 Å². The van der Waals surface area contributed by atoms with Crippen LogP contribution in [0.5, 0.6) is 0 Å². The quantitative estimate of drug-likeness (QED) is 0.374.